The summed E-state index contributed by atoms with van der Waals surface area (Å²) in [5, 5.41) is 4.52. The van der Waals surface area contributed by atoms with Crippen LogP contribution in [0.15, 0.2) is 84.0 Å². The predicted octanol–water partition coefficient (Wildman–Crippen LogP) is 6.05. The van der Waals surface area contributed by atoms with Gasteiger partial charge in [0.15, 0.2) is 0 Å². The van der Waals surface area contributed by atoms with Crippen molar-refractivity contribution in [3.8, 4) is 0 Å². The molecule has 39 heavy (non-hydrogen) atoms. The molecule has 1 N–H and O–H groups in total. The summed E-state index contributed by atoms with van der Waals surface area (Å²) in [7, 11) is 4.04. The minimum absolute atomic E-state index is 0.00717. The SMILES string of the molecule is CC(=O)N(CCCN(C)C)c1ccc(N=C(c2ccc3cccnc3c2)C2C(=O)Nc3cc(Cl)ccc32)cc1. The number of amides is 2. The number of nitrogens with zero attached hydrogens (tertiary/aromatic N) is 4. The van der Waals surface area contributed by atoms with Crippen LogP contribution in [0.3, 0.4) is 0 Å². The molecule has 0 saturated heterocycles. The van der Waals surface area contributed by atoms with E-state index in [1.807, 2.05) is 74.8 Å². The summed E-state index contributed by atoms with van der Waals surface area (Å²) in [6.07, 6.45) is 2.62. The van der Waals surface area contributed by atoms with Crippen LogP contribution >= 0.6 is 11.6 Å². The first kappa shape index (κ1) is 26.5. The van der Waals surface area contributed by atoms with Crippen LogP contribution in [0, 0.1) is 0 Å². The van der Waals surface area contributed by atoms with Gasteiger partial charge in [-0.05, 0) is 86.7 Å². The summed E-state index contributed by atoms with van der Waals surface area (Å²) in [5.41, 5.74) is 5.25. The number of halogens is 1. The van der Waals surface area contributed by atoms with Crippen LogP contribution < -0.4 is 10.2 Å². The summed E-state index contributed by atoms with van der Waals surface area (Å²) in [5.74, 6) is -0.780. The van der Waals surface area contributed by atoms with Gasteiger partial charge in [0.1, 0.15) is 5.92 Å². The number of hydrogen-bond donors (Lipinski definition) is 1. The third-order valence-corrected chi connectivity index (χ3v) is 7.03. The molecule has 2 heterocycles. The van der Waals surface area contributed by atoms with Crippen molar-refractivity contribution in [2.24, 2.45) is 4.99 Å². The molecule has 5 rings (SSSR count). The van der Waals surface area contributed by atoms with Gasteiger partial charge in [0.05, 0.1) is 16.9 Å². The van der Waals surface area contributed by atoms with Gasteiger partial charge in [-0.15, -0.1) is 0 Å². The summed E-state index contributed by atoms with van der Waals surface area (Å²) >= 11 is 6.20. The zero-order valence-corrected chi connectivity index (χ0v) is 22.9. The number of pyridine rings is 1. The maximum absolute atomic E-state index is 13.3. The first-order chi connectivity index (χ1) is 18.8. The number of anilines is 2. The molecule has 1 aromatic heterocycles. The molecule has 1 aliphatic heterocycles. The van der Waals surface area contributed by atoms with Crippen LogP contribution in [-0.2, 0) is 9.59 Å². The summed E-state index contributed by atoms with van der Waals surface area (Å²) in [6.45, 7) is 3.11. The first-order valence-electron chi connectivity index (χ1n) is 12.9. The Balaban J connectivity index is 1.54. The fourth-order valence-corrected chi connectivity index (χ4v) is 5.06. The van der Waals surface area contributed by atoms with Crippen molar-refractivity contribution in [2.45, 2.75) is 19.3 Å². The topological polar surface area (TPSA) is 77.9 Å². The molecular weight excluding hydrogens is 510 g/mol. The molecule has 1 unspecified atom stereocenters. The molecule has 0 aliphatic carbocycles. The number of rotatable bonds is 8. The van der Waals surface area contributed by atoms with E-state index < -0.39 is 5.92 Å². The zero-order valence-electron chi connectivity index (χ0n) is 22.2. The van der Waals surface area contributed by atoms with Gasteiger partial charge in [0, 0.05) is 41.4 Å². The van der Waals surface area contributed by atoms with Crippen LogP contribution in [0.4, 0.5) is 17.1 Å². The normalized spacial score (nSPS) is 14.9. The van der Waals surface area contributed by atoms with Gasteiger partial charge in [0.25, 0.3) is 0 Å². The Morgan fingerprint density at radius 2 is 1.82 bits per heavy atom. The molecule has 2 amide bonds. The molecule has 1 atom stereocenters. The first-order valence-corrected chi connectivity index (χ1v) is 13.2. The van der Waals surface area contributed by atoms with E-state index in [1.54, 1.807) is 30.2 Å². The fourth-order valence-electron chi connectivity index (χ4n) is 4.89. The third kappa shape index (κ3) is 5.85. The number of aliphatic imine (C=N–C) groups is 1. The Morgan fingerprint density at radius 3 is 2.56 bits per heavy atom. The van der Waals surface area contributed by atoms with Crippen molar-refractivity contribution in [3.05, 3.63) is 95.1 Å². The van der Waals surface area contributed by atoms with E-state index in [0.29, 0.717) is 28.7 Å². The number of benzene rings is 3. The van der Waals surface area contributed by atoms with Crippen molar-refractivity contribution in [3.63, 3.8) is 0 Å². The van der Waals surface area contributed by atoms with Gasteiger partial charge in [-0.25, -0.2) is 0 Å². The second kappa shape index (κ2) is 11.4. The molecule has 0 fully saturated rings. The van der Waals surface area contributed by atoms with E-state index in [9.17, 15) is 9.59 Å². The third-order valence-electron chi connectivity index (χ3n) is 6.80. The summed E-state index contributed by atoms with van der Waals surface area (Å²) < 4.78 is 0. The largest absolute Gasteiger partial charge is 0.325 e. The molecule has 0 spiro atoms. The van der Waals surface area contributed by atoms with Crippen LogP contribution in [-0.4, -0.2) is 54.6 Å². The van der Waals surface area contributed by atoms with Crippen molar-refractivity contribution in [2.75, 3.05) is 37.4 Å². The van der Waals surface area contributed by atoms with Crippen molar-refractivity contribution >= 4 is 57.1 Å². The lowest BCUT2D eigenvalue weighted by Crippen LogP contribution is -2.31. The highest BCUT2D eigenvalue weighted by Gasteiger charge is 2.35. The Bertz CT molecular complexity index is 1570. The number of carbonyl (C=O) groups is 2. The maximum atomic E-state index is 13.3. The average molecular weight is 540 g/mol. The second-order valence-electron chi connectivity index (χ2n) is 9.91. The van der Waals surface area contributed by atoms with E-state index in [1.165, 1.54) is 0 Å². The number of nitrogens with one attached hydrogen (secondary N) is 1. The van der Waals surface area contributed by atoms with Crippen molar-refractivity contribution in [1.29, 1.82) is 0 Å². The fraction of sp³-hybridized carbons (Fsp3) is 0.226. The van der Waals surface area contributed by atoms with E-state index in [0.717, 1.165) is 40.7 Å². The number of hydrogen-bond acceptors (Lipinski definition) is 5. The highest BCUT2D eigenvalue weighted by molar-refractivity contribution is 6.31. The lowest BCUT2D eigenvalue weighted by atomic mass is 9.90. The molecule has 4 aromatic rings. The minimum Gasteiger partial charge on any atom is -0.325 e. The van der Waals surface area contributed by atoms with Crippen LogP contribution in [0.1, 0.15) is 30.4 Å². The van der Waals surface area contributed by atoms with Crippen LogP contribution in [0.2, 0.25) is 5.02 Å². The molecular formula is C31H30ClN5O2. The predicted molar refractivity (Wildman–Crippen MR) is 158 cm³/mol. The summed E-state index contributed by atoms with van der Waals surface area (Å²) in [4.78, 5) is 39.0. The Kier molecular flexibility index (Phi) is 7.72. The van der Waals surface area contributed by atoms with Gasteiger partial charge in [0.2, 0.25) is 11.8 Å². The van der Waals surface area contributed by atoms with Crippen LogP contribution in [0.25, 0.3) is 10.9 Å². The molecule has 7 nitrogen and oxygen atoms in total. The van der Waals surface area contributed by atoms with Gasteiger partial charge in [-0.1, -0.05) is 35.9 Å². The molecule has 0 bridgehead atoms. The zero-order chi connectivity index (χ0) is 27.5. The molecule has 0 radical (unpaired) electrons. The molecule has 8 heteroatoms. The van der Waals surface area contributed by atoms with Gasteiger partial charge >= 0.3 is 0 Å². The smallest absolute Gasteiger partial charge is 0.238 e. The Hall–Kier alpha value is -4.07. The lowest BCUT2D eigenvalue weighted by molar-refractivity contribution is -0.117. The number of aromatic nitrogens is 1. The average Bonchev–Trinajstić information content (AvgIpc) is 3.24. The molecule has 3 aromatic carbocycles. The highest BCUT2D eigenvalue weighted by Crippen LogP contribution is 2.38. The van der Waals surface area contributed by atoms with Crippen LogP contribution in [0.5, 0.6) is 0 Å². The Labute approximate surface area is 233 Å². The van der Waals surface area contributed by atoms with Gasteiger partial charge in [-0.2, -0.15) is 0 Å². The monoisotopic (exact) mass is 539 g/mol. The number of carbonyl (C=O) groups excluding carboxylic acids is 2. The van der Waals surface area contributed by atoms with Crippen molar-refractivity contribution < 1.29 is 9.59 Å². The van der Waals surface area contributed by atoms with Gasteiger partial charge < -0.3 is 15.1 Å². The lowest BCUT2D eigenvalue weighted by Gasteiger charge is -2.22. The van der Waals surface area contributed by atoms with Gasteiger partial charge in [-0.3, -0.25) is 19.6 Å². The van der Waals surface area contributed by atoms with Crippen molar-refractivity contribution in [1.82, 2.24) is 9.88 Å². The van der Waals surface area contributed by atoms with E-state index in [4.69, 9.17) is 16.6 Å². The van der Waals surface area contributed by atoms with E-state index in [2.05, 4.69) is 15.2 Å². The Morgan fingerprint density at radius 1 is 1.03 bits per heavy atom. The number of fused-ring (bicyclic) bond motifs is 2. The van der Waals surface area contributed by atoms with E-state index >= 15 is 0 Å². The molecule has 198 valence electrons. The molecule has 0 saturated carbocycles. The molecule has 1 aliphatic rings. The standard InChI is InChI=1S/C31H30ClN5O2/c1-20(38)37(17-5-16-36(2)3)25-12-10-24(11-13-25)34-30(22-8-7-21-6-4-15-33-27(21)18-22)29-26-14-9-23(32)19-28(26)35-31(29)39/h4,6-15,18-19,29H,5,16-17H2,1-3H3,(H,35,39). The quantitative estimate of drug-likeness (QED) is 0.276. The summed E-state index contributed by atoms with van der Waals surface area (Å²) in [6, 6.07) is 22.8. The minimum atomic E-state index is -0.613. The second-order valence-corrected chi connectivity index (χ2v) is 10.3. The van der Waals surface area contributed by atoms with E-state index in [-0.39, 0.29) is 11.8 Å². The highest BCUT2D eigenvalue weighted by atomic mass is 35.5. The maximum Gasteiger partial charge on any atom is 0.238 e.